The van der Waals surface area contributed by atoms with Gasteiger partial charge < -0.3 is 9.47 Å². The van der Waals surface area contributed by atoms with Gasteiger partial charge in [0.1, 0.15) is 9.84 Å². The molecule has 0 aromatic rings. The van der Waals surface area contributed by atoms with Crippen LogP contribution in [-0.2, 0) is 24.1 Å². The fourth-order valence-corrected chi connectivity index (χ4v) is 1.96. The van der Waals surface area contributed by atoms with Crippen LogP contribution in [0, 0.1) is 0 Å². The predicted octanol–water partition coefficient (Wildman–Crippen LogP) is 0.389. The maximum atomic E-state index is 11.3. The topological polar surface area (TPSA) is 69.7 Å². The van der Waals surface area contributed by atoms with Crippen molar-refractivity contribution in [3.05, 3.63) is 0 Å². The summed E-state index contributed by atoms with van der Waals surface area (Å²) in [7, 11) is -0.248. The first-order valence-electron chi connectivity index (χ1n) is 4.75. The second-order valence-electron chi connectivity index (χ2n) is 3.11. The molecule has 0 heterocycles. The average Bonchev–Trinajstić information content (AvgIpc) is 2.19. The van der Waals surface area contributed by atoms with Gasteiger partial charge in [-0.1, -0.05) is 6.92 Å². The third-order valence-corrected chi connectivity index (χ3v) is 3.80. The van der Waals surface area contributed by atoms with E-state index in [2.05, 4.69) is 0 Å². The van der Waals surface area contributed by atoms with Crippen LogP contribution >= 0.6 is 0 Å². The number of carbonyl (C=O) groups excluding carboxylic acids is 1. The summed E-state index contributed by atoms with van der Waals surface area (Å²) in [6.45, 7) is 1.59. The summed E-state index contributed by atoms with van der Waals surface area (Å²) in [5, 5.41) is 0. The number of sulfone groups is 1. The Labute approximate surface area is 90.7 Å². The number of rotatable bonds is 8. The molecule has 0 bridgehead atoms. The van der Waals surface area contributed by atoms with Crippen molar-refractivity contribution in [3.8, 4) is 0 Å². The molecule has 0 unspecified atom stereocenters. The van der Waals surface area contributed by atoms with Crippen molar-refractivity contribution in [2.75, 3.05) is 25.7 Å². The maximum absolute atomic E-state index is 11.3. The zero-order valence-corrected chi connectivity index (χ0v) is 10.2. The number of methoxy groups -OCH3 is 2. The molecule has 0 rings (SSSR count). The van der Waals surface area contributed by atoms with E-state index in [-0.39, 0.29) is 23.7 Å². The monoisotopic (exact) mass is 238 g/mol. The van der Waals surface area contributed by atoms with Gasteiger partial charge in [0.05, 0.1) is 5.75 Å². The van der Waals surface area contributed by atoms with Gasteiger partial charge in [-0.3, -0.25) is 4.79 Å². The Morgan fingerprint density at radius 1 is 1.27 bits per heavy atom. The van der Waals surface area contributed by atoms with Crippen LogP contribution in [0.3, 0.4) is 0 Å². The molecule has 0 aliphatic carbocycles. The van der Waals surface area contributed by atoms with Crippen LogP contribution in [-0.4, -0.2) is 46.2 Å². The molecule has 15 heavy (non-hydrogen) atoms. The van der Waals surface area contributed by atoms with Gasteiger partial charge in [-0.25, -0.2) is 8.42 Å². The van der Waals surface area contributed by atoms with Crippen molar-refractivity contribution in [1.29, 1.82) is 0 Å². The summed E-state index contributed by atoms with van der Waals surface area (Å²) >= 11 is 0. The lowest BCUT2D eigenvalue weighted by molar-refractivity contribution is -0.156. The molecule has 5 nitrogen and oxygen atoms in total. The zero-order chi connectivity index (χ0) is 11.9. The standard InChI is InChI=1S/C9H18O5S/c1-4-15(11,12)7-5-6-8(10)9(13-2)14-3/h9H,4-7H2,1-3H3. The molecule has 0 atom stereocenters. The summed E-state index contributed by atoms with van der Waals surface area (Å²) in [6, 6.07) is 0. The normalized spacial score (nSPS) is 12.0. The summed E-state index contributed by atoms with van der Waals surface area (Å²) in [6.07, 6.45) is -0.404. The lowest BCUT2D eigenvalue weighted by Gasteiger charge is -2.11. The first kappa shape index (κ1) is 14.5. The van der Waals surface area contributed by atoms with Gasteiger partial charge in [0.25, 0.3) is 0 Å². The van der Waals surface area contributed by atoms with Gasteiger partial charge in [0.2, 0.25) is 6.29 Å². The van der Waals surface area contributed by atoms with Gasteiger partial charge in [-0.15, -0.1) is 0 Å². The number of hydrogen-bond acceptors (Lipinski definition) is 5. The fraction of sp³-hybridized carbons (Fsp3) is 0.889. The summed E-state index contributed by atoms with van der Waals surface area (Å²) in [4.78, 5) is 11.3. The van der Waals surface area contributed by atoms with Crippen LogP contribution in [0.4, 0.5) is 0 Å². The molecule has 0 radical (unpaired) electrons. The highest BCUT2D eigenvalue weighted by atomic mass is 32.2. The molecule has 0 aromatic heterocycles. The van der Waals surface area contributed by atoms with Crippen LogP contribution < -0.4 is 0 Å². The summed E-state index contributed by atoms with van der Waals surface area (Å²) in [5.41, 5.74) is 0. The minimum absolute atomic E-state index is 0.0371. The average molecular weight is 238 g/mol. The van der Waals surface area contributed by atoms with E-state index in [1.165, 1.54) is 14.2 Å². The molecule has 0 amide bonds. The maximum Gasteiger partial charge on any atom is 0.217 e. The van der Waals surface area contributed by atoms with Gasteiger partial charge in [-0.2, -0.15) is 0 Å². The quantitative estimate of drug-likeness (QED) is 0.572. The number of ether oxygens (including phenoxy) is 2. The predicted molar refractivity (Wildman–Crippen MR) is 56.4 cm³/mol. The van der Waals surface area contributed by atoms with Gasteiger partial charge in [0.15, 0.2) is 5.78 Å². The van der Waals surface area contributed by atoms with E-state index in [0.717, 1.165) is 0 Å². The molecule has 0 aromatic carbocycles. The Kier molecular flexibility index (Phi) is 6.71. The molecule has 0 spiro atoms. The molecule has 0 saturated carbocycles. The summed E-state index contributed by atoms with van der Waals surface area (Å²) in [5.74, 6) is -0.0829. The van der Waals surface area contributed by atoms with Crippen LogP contribution in [0.15, 0.2) is 0 Å². The highest BCUT2D eigenvalue weighted by Gasteiger charge is 2.17. The largest absolute Gasteiger partial charge is 0.349 e. The minimum atomic E-state index is -2.99. The van der Waals surface area contributed by atoms with Crippen molar-refractivity contribution >= 4 is 15.6 Å². The van der Waals surface area contributed by atoms with Crippen molar-refractivity contribution in [2.45, 2.75) is 26.1 Å². The van der Waals surface area contributed by atoms with Crippen LogP contribution in [0.5, 0.6) is 0 Å². The molecular weight excluding hydrogens is 220 g/mol. The molecule has 0 aliphatic heterocycles. The zero-order valence-electron chi connectivity index (χ0n) is 9.36. The smallest absolute Gasteiger partial charge is 0.217 e. The third-order valence-electron chi connectivity index (χ3n) is 2.01. The van der Waals surface area contributed by atoms with E-state index < -0.39 is 16.1 Å². The third kappa shape index (κ3) is 5.86. The van der Waals surface area contributed by atoms with Crippen molar-refractivity contribution in [3.63, 3.8) is 0 Å². The lowest BCUT2D eigenvalue weighted by atomic mass is 10.2. The van der Waals surface area contributed by atoms with E-state index >= 15 is 0 Å². The first-order chi connectivity index (χ1) is 6.96. The summed E-state index contributed by atoms with van der Waals surface area (Å²) < 4.78 is 31.7. The van der Waals surface area contributed by atoms with Gasteiger partial charge in [0, 0.05) is 26.4 Å². The lowest BCUT2D eigenvalue weighted by Crippen LogP contribution is -2.25. The molecular formula is C9H18O5S. The highest BCUT2D eigenvalue weighted by molar-refractivity contribution is 7.91. The van der Waals surface area contributed by atoms with E-state index in [0.29, 0.717) is 6.42 Å². The second-order valence-corrected chi connectivity index (χ2v) is 5.58. The number of ketones is 1. The Morgan fingerprint density at radius 3 is 2.20 bits per heavy atom. The second kappa shape index (κ2) is 6.92. The Morgan fingerprint density at radius 2 is 1.80 bits per heavy atom. The van der Waals surface area contributed by atoms with Crippen molar-refractivity contribution < 1.29 is 22.7 Å². The fourth-order valence-electron chi connectivity index (χ4n) is 1.09. The van der Waals surface area contributed by atoms with Crippen LogP contribution in [0.25, 0.3) is 0 Å². The van der Waals surface area contributed by atoms with E-state index in [9.17, 15) is 13.2 Å². The number of Topliss-reactive ketones (excluding diaryl/α,β-unsaturated/α-hetero) is 1. The first-order valence-corrected chi connectivity index (χ1v) is 6.57. The molecule has 0 N–H and O–H groups in total. The molecule has 6 heteroatoms. The molecule has 90 valence electrons. The van der Waals surface area contributed by atoms with Gasteiger partial charge in [-0.05, 0) is 6.42 Å². The van der Waals surface area contributed by atoms with Crippen LogP contribution in [0.2, 0.25) is 0 Å². The molecule has 0 saturated heterocycles. The Balaban J connectivity index is 3.92. The van der Waals surface area contributed by atoms with Crippen molar-refractivity contribution in [2.24, 2.45) is 0 Å². The SMILES string of the molecule is CCS(=O)(=O)CCCC(=O)C(OC)OC. The number of carbonyl (C=O) groups is 1. The number of hydrogen-bond donors (Lipinski definition) is 0. The molecule has 0 aliphatic rings. The minimum Gasteiger partial charge on any atom is -0.349 e. The van der Waals surface area contributed by atoms with Gasteiger partial charge >= 0.3 is 0 Å². The van der Waals surface area contributed by atoms with E-state index in [1.54, 1.807) is 6.92 Å². The van der Waals surface area contributed by atoms with Crippen LogP contribution in [0.1, 0.15) is 19.8 Å². The highest BCUT2D eigenvalue weighted by Crippen LogP contribution is 2.03. The van der Waals surface area contributed by atoms with Crippen molar-refractivity contribution in [1.82, 2.24) is 0 Å². The molecule has 0 fully saturated rings. The Hall–Kier alpha value is -0.460. The Bertz CT molecular complexity index is 279. The van der Waals surface area contributed by atoms with E-state index in [1.807, 2.05) is 0 Å². The van der Waals surface area contributed by atoms with E-state index in [4.69, 9.17) is 9.47 Å².